The van der Waals surface area contributed by atoms with E-state index in [0.29, 0.717) is 24.9 Å². The van der Waals surface area contributed by atoms with Gasteiger partial charge in [0, 0.05) is 0 Å². The predicted octanol–water partition coefficient (Wildman–Crippen LogP) is 2.34. The highest BCUT2D eigenvalue weighted by Crippen LogP contribution is 2.30. The van der Waals surface area contributed by atoms with Gasteiger partial charge in [-0.3, -0.25) is 4.90 Å². The molecule has 0 saturated carbocycles. The summed E-state index contributed by atoms with van der Waals surface area (Å²) in [6.45, 7) is 2.28. The first-order valence-electron chi connectivity index (χ1n) is 5.65. The lowest BCUT2D eigenvalue weighted by molar-refractivity contribution is 0.288. The van der Waals surface area contributed by atoms with Gasteiger partial charge >= 0.3 is 0 Å². The van der Waals surface area contributed by atoms with Gasteiger partial charge in [-0.15, -0.1) is 21.5 Å². The highest BCUT2D eigenvalue weighted by atomic mass is 79.9. The maximum atomic E-state index is 5.63. The van der Waals surface area contributed by atoms with Crippen molar-refractivity contribution in [1.82, 2.24) is 15.1 Å². The van der Waals surface area contributed by atoms with Gasteiger partial charge in [0.2, 0.25) is 5.89 Å². The second-order valence-corrected chi connectivity index (χ2v) is 6.45. The van der Waals surface area contributed by atoms with Crippen molar-refractivity contribution in [2.75, 3.05) is 20.1 Å². The second-order valence-electron chi connectivity index (χ2n) is 3.98. The van der Waals surface area contributed by atoms with E-state index < -0.39 is 0 Å². The summed E-state index contributed by atoms with van der Waals surface area (Å²) in [7, 11) is 2.02. The molecule has 2 heterocycles. The Bertz CT molecular complexity index is 499. The van der Waals surface area contributed by atoms with E-state index in [-0.39, 0.29) is 0 Å². The Morgan fingerprint density at radius 2 is 2.28 bits per heavy atom. The summed E-state index contributed by atoms with van der Waals surface area (Å²) < 4.78 is 6.68. The quantitative estimate of drug-likeness (QED) is 0.880. The molecule has 98 valence electrons. The average Bonchev–Trinajstić information content (AvgIpc) is 2.95. The smallest absolute Gasteiger partial charge is 0.257 e. The third-order valence-corrected chi connectivity index (χ3v) is 4.01. The van der Waals surface area contributed by atoms with E-state index in [1.54, 1.807) is 11.3 Å². The van der Waals surface area contributed by atoms with Gasteiger partial charge in [-0.25, -0.2) is 0 Å². The van der Waals surface area contributed by atoms with Gasteiger partial charge in [-0.1, -0.05) is 0 Å². The molecule has 0 bridgehead atoms. The number of nitrogens with zero attached hydrogens (tertiary/aromatic N) is 3. The van der Waals surface area contributed by atoms with Gasteiger partial charge in [0.05, 0.1) is 15.2 Å². The van der Waals surface area contributed by atoms with E-state index in [9.17, 15) is 0 Å². The molecule has 2 N–H and O–H groups in total. The van der Waals surface area contributed by atoms with Crippen LogP contribution in [0.5, 0.6) is 0 Å². The summed E-state index contributed by atoms with van der Waals surface area (Å²) >= 11 is 4.99. The summed E-state index contributed by atoms with van der Waals surface area (Å²) in [5.74, 6) is 1.21. The van der Waals surface area contributed by atoms with Gasteiger partial charge in [-0.05, 0) is 54.6 Å². The Balaban J connectivity index is 1.98. The van der Waals surface area contributed by atoms with Gasteiger partial charge < -0.3 is 10.2 Å². The first kappa shape index (κ1) is 13.7. The van der Waals surface area contributed by atoms with Crippen molar-refractivity contribution in [2.45, 2.75) is 13.0 Å². The van der Waals surface area contributed by atoms with Gasteiger partial charge in [-0.2, -0.15) is 0 Å². The fourth-order valence-electron chi connectivity index (χ4n) is 1.52. The number of aromatic nitrogens is 2. The molecule has 5 nitrogen and oxygen atoms in total. The van der Waals surface area contributed by atoms with Crippen LogP contribution in [0.4, 0.5) is 0 Å². The summed E-state index contributed by atoms with van der Waals surface area (Å²) in [6, 6.07) is 3.93. The second kappa shape index (κ2) is 6.42. The Morgan fingerprint density at radius 3 is 2.94 bits per heavy atom. The zero-order chi connectivity index (χ0) is 13.0. The van der Waals surface area contributed by atoms with Crippen molar-refractivity contribution in [3.63, 3.8) is 0 Å². The molecular weight excluding hydrogens is 316 g/mol. The Labute approximate surface area is 118 Å². The summed E-state index contributed by atoms with van der Waals surface area (Å²) in [4.78, 5) is 3.10. The molecule has 0 aliphatic carbocycles. The van der Waals surface area contributed by atoms with E-state index in [0.717, 1.165) is 21.6 Å². The highest BCUT2D eigenvalue weighted by molar-refractivity contribution is 9.11. The number of nitrogens with two attached hydrogens (primary N) is 1. The average molecular weight is 331 g/mol. The van der Waals surface area contributed by atoms with Crippen LogP contribution in [0, 0.1) is 0 Å². The standard InChI is InChI=1S/C11H15BrN4OS/c1-16(6-2-5-13)7-10-14-15-11(17-10)8-3-4-9(12)18-8/h3-4H,2,5-7,13H2,1H3. The molecule has 0 fully saturated rings. The fourth-order valence-corrected chi connectivity index (χ4v) is 2.82. The van der Waals surface area contributed by atoms with Crippen molar-refractivity contribution >= 4 is 27.3 Å². The Hall–Kier alpha value is -0.760. The lowest BCUT2D eigenvalue weighted by Crippen LogP contribution is -2.21. The first-order valence-corrected chi connectivity index (χ1v) is 7.26. The molecule has 2 rings (SSSR count). The fraction of sp³-hybridized carbons (Fsp3) is 0.455. The minimum atomic E-state index is 0.577. The van der Waals surface area contributed by atoms with Crippen molar-refractivity contribution in [3.05, 3.63) is 21.8 Å². The Morgan fingerprint density at radius 1 is 1.44 bits per heavy atom. The van der Waals surface area contributed by atoms with Crippen LogP contribution in [0.1, 0.15) is 12.3 Å². The first-order chi connectivity index (χ1) is 8.69. The maximum absolute atomic E-state index is 5.63. The molecule has 0 amide bonds. The molecule has 2 aromatic heterocycles. The molecule has 0 aromatic carbocycles. The SMILES string of the molecule is CN(CCCN)Cc1nnc(-c2ccc(Br)s2)o1. The van der Waals surface area contributed by atoms with Crippen molar-refractivity contribution in [3.8, 4) is 10.8 Å². The van der Waals surface area contributed by atoms with Crippen LogP contribution < -0.4 is 5.73 Å². The molecule has 0 unspecified atom stereocenters. The van der Waals surface area contributed by atoms with Crippen LogP contribution in [0.2, 0.25) is 0 Å². The number of hydrogen-bond donors (Lipinski definition) is 1. The number of halogens is 1. The van der Waals surface area contributed by atoms with E-state index in [1.807, 2.05) is 19.2 Å². The van der Waals surface area contributed by atoms with Crippen LogP contribution >= 0.6 is 27.3 Å². The molecule has 0 aliphatic rings. The molecule has 0 aliphatic heterocycles. The largest absolute Gasteiger partial charge is 0.419 e. The van der Waals surface area contributed by atoms with Crippen molar-refractivity contribution in [2.24, 2.45) is 5.73 Å². The van der Waals surface area contributed by atoms with Gasteiger partial charge in [0.25, 0.3) is 5.89 Å². The summed E-state index contributed by atoms with van der Waals surface area (Å²) in [6.07, 6.45) is 0.968. The van der Waals surface area contributed by atoms with Crippen molar-refractivity contribution in [1.29, 1.82) is 0 Å². The monoisotopic (exact) mass is 330 g/mol. The predicted molar refractivity (Wildman–Crippen MR) is 75.3 cm³/mol. The molecule has 18 heavy (non-hydrogen) atoms. The van der Waals surface area contributed by atoms with Crippen molar-refractivity contribution < 1.29 is 4.42 Å². The minimum Gasteiger partial charge on any atom is -0.419 e. The van der Waals surface area contributed by atoms with Crippen LogP contribution in [0.25, 0.3) is 10.8 Å². The topological polar surface area (TPSA) is 68.2 Å². The van der Waals surface area contributed by atoms with Gasteiger partial charge in [0.15, 0.2) is 0 Å². The van der Waals surface area contributed by atoms with E-state index in [4.69, 9.17) is 10.2 Å². The molecular formula is C11H15BrN4OS. The zero-order valence-corrected chi connectivity index (χ0v) is 12.5. The number of rotatable bonds is 6. The van der Waals surface area contributed by atoms with Crippen LogP contribution in [-0.2, 0) is 6.54 Å². The van der Waals surface area contributed by atoms with E-state index in [1.165, 1.54) is 0 Å². The lowest BCUT2D eigenvalue weighted by Gasteiger charge is -2.12. The van der Waals surface area contributed by atoms with Crippen LogP contribution in [0.15, 0.2) is 20.3 Å². The molecule has 0 spiro atoms. The lowest BCUT2D eigenvalue weighted by atomic mass is 10.4. The molecule has 0 radical (unpaired) electrons. The number of hydrogen-bond acceptors (Lipinski definition) is 6. The van der Waals surface area contributed by atoms with Crippen LogP contribution in [0.3, 0.4) is 0 Å². The summed E-state index contributed by atoms with van der Waals surface area (Å²) in [5, 5.41) is 8.11. The Kier molecular flexibility index (Phi) is 4.87. The zero-order valence-electron chi connectivity index (χ0n) is 10.1. The summed E-state index contributed by atoms with van der Waals surface area (Å²) in [5.41, 5.74) is 5.47. The van der Waals surface area contributed by atoms with Crippen LogP contribution in [-0.4, -0.2) is 35.2 Å². The third-order valence-electron chi connectivity index (χ3n) is 2.40. The van der Waals surface area contributed by atoms with E-state index >= 15 is 0 Å². The molecule has 2 aromatic rings. The molecule has 7 heteroatoms. The third kappa shape index (κ3) is 3.61. The molecule has 0 atom stereocenters. The number of thiophene rings is 1. The maximum Gasteiger partial charge on any atom is 0.257 e. The minimum absolute atomic E-state index is 0.577. The highest BCUT2D eigenvalue weighted by Gasteiger charge is 2.11. The normalized spacial score (nSPS) is 11.3. The molecule has 0 saturated heterocycles. The van der Waals surface area contributed by atoms with Gasteiger partial charge in [0.1, 0.15) is 0 Å². The van der Waals surface area contributed by atoms with E-state index in [2.05, 4.69) is 31.0 Å².